The van der Waals surface area contributed by atoms with Crippen molar-refractivity contribution in [2.24, 2.45) is 0 Å². The van der Waals surface area contributed by atoms with E-state index in [-0.39, 0.29) is 28.0 Å². The van der Waals surface area contributed by atoms with Crippen molar-refractivity contribution >= 4 is 34.6 Å². The zero-order chi connectivity index (χ0) is 19.6. The van der Waals surface area contributed by atoms with Gasteiger partial charge < -0.3 is 10.2 Å². The summed E-state index contributed by atoms with van der Waals surface area (Å²) in [5.41, 5.74) is 0.376. The van der Waals surface area contributed by atoms with E-state index in [2.05, 4.69) is 5.32 Å². The fourth-order valence-electron chi connectivity index (χ4n) is 3.31. The summed E-state index contributed by atoms with van der Waals surface area (Å²) in [4.78, 5) is 25.4. The first-order valence-electron chi connectivity index (χ1n) is 8.69. The van der Waals surface area contributed by atoms with Crippen LogP contribution in [0.2, 0.25) is 5.02 Å². The second-order valence-corrected chi connectivity index (χ2v) is 6.96. The number of carbonyl (C=O) groups excluding carboxylic acids is 1. The van der Waals surface area contributed by atoms with Gasteiger partial charge in [0.15, 0.2) is 0 Å². The number of rotatable bonds is 4. The largest absolute Gasteiger partial charge is 0.363 e. The maximum atomic E-state index is 13.8. The van der Waals surface area contributed by atoms with Gasteiger partial charge in [0.1, 0.15) is 11.5 Å². The second-order valence-electron chi connectivity index (χ2n) is 6.55. The maximum absolute atomic E-state index is 13.8. The number of piperidine rings is 1. The predicted octanol–water partition coefficient (Wildman–Crippen LogP) is 5.02. The molecule has 1 amide bonds. The molecular formula is C19H19ClFN3O3. The van der Waals surface area contributed by atoms with Gasteiger partial charge in [-0.2, -0.15) is 0 Å². The Morgan fingerprint density at radius 2 is 2.07 bits per heavy atom. The van der Waals surface area contributed by atoms with E-state index in [1.807, 2.05) is 11.8 Å². The minimum absolute atomic E-state index is 0.0276. The molecule has 2 aromatic rings. The van der Waals surface area contributed by atoms with Crippen LogP contribution in [0.5, 0.6) is 0 Å². The van der Waals surface area contributed by atoms with Gasteiger partial charge >= 0.3 is 0 Å². The molecule has 0 radical (unpaired) electrons. The third-order valence-corrected chi connectivity index (χ3v) is 5.05. The highest BCUT2D eigenvalue weighted by molar-refractivity contribution is 6.34. The molecule has 1 atom stereocenters. The number of hydrogen-bond acceptors (Lipinski definition) is 4. The predicted molar refractivity (Wildman–Crippen MR) is 103 cm³/mol. The van der Waals surface area contributed by atoms with Gasteiger partial charge in [0.2, 0.25) is 0 Å². The van der Waals surface area contributed by atoms with Crippen LogP contribution in [0, 0.1) is 15.9 Å². The number of nitro groups is 1. The van der Waals surface area contributed by atoms with Gasteiger partial charge in [-0.3, -0.25) is 14.9 Å². The van der Waals surface area contributed by atoms with Gasteiger partial charge in [0.05, 0.1) is 21.2 Å². The summed E-state index contributed by atoms with van der Waals surface area (Å²) in [6.07, 6.45) is 2.92. The van der Waals surface area contributed by atoms with Crippen molar-refractivity contribution in [2.45, 2.75) is 32.2 Å². The molecule has 0 unspecified atom stereocenters. The molecule has 0 spiro atoms. The minimum Gasteiger partial charge on any atom is -0.363 e. The Bertz CT molecular complexity index is 890. The van der Waals surface area contributed by atoms with E-state index in [1.165, 1.54) is 30.3 Å². The SMILES string of the molecule is C[C@@H]1CCCCN1c1cc(NC(=O)c2ccccc2F)c(Cl)cc1[N+](=O)[O-]. The molecule has 1 saturated heterocycles. The highest BCUT2D eigenvalue weighted by Gasteiger charge is 2.27. The van der Waals surface area contributed by atoms with Crippen molar-refractivity contribution < 1.29 is 14.1 Å². The van der Waals surface area contributed by atoms with Crippen molar-refractivity contribution in [1.82, 2.24) is 0 Å². The van der Waals surface area contributed by atoms with E-state index in [0.717, 1.165) is 19.3 Å². The summed E-state index contributed by atoms with van der Waals surface area (Å²) in [6, 6.07) is 8.45. The molecule has 142 valence electrons. The Morgan fingerprint density at radius 1 is 1.33 bits per heavy atom. The van der Waals surface area contributed by atoms with Crippen molar-refractivity contribution in [2.75, 3.05) is 16.8 Å². The lowest BCUT2D eigenvalue weighted by molar-refractivity contribution is -0.384. The number of nitrogens with one attached hydrogen (secondary N) is 1. The van der Waals surface area contributed by atoms with Gasteiger partial charge in [-0.05, 0) is 44.4 Å². The number of halogens is 2. The second kappa shape index (κ2) is 7.92. The number of benzene rings is 2. The van der Waals surface area contributed by atoms with E-state index in [1.54, 1.807) is 6.07 Å². The Hall–Kier alpha value is -2.67. The first-order valence-corrected chi connectivity index (χ1v) is 9.06. The molecule has 0 aliphatic carbocycles. The van der Waals surface area contributed by atoms with Crippen molar-refractivity contribution in [3.8, 4) is 0 Å². The monoisotopic (exact) mass is 391 g/mol. The minimum atomic E-state index is -0.665. The van der Waals surface area contributed by atoms with Crippen molar-refractivity contribution in [3.63, 3.8) is 0 Å². The molecule has 6 nitrogen and oxygen atoms in total. The summed E-state index contributed by atoms with van der Waals surface area (Å²) in [5, 5.41) is 14.1. The summed E-state index contributed by atoms with van der Waals surface area (Å²) in [6.45, 7) is 2.69. The van der Waals surface area contributed by atoms with Crippen LogP contribution in [0.3, 0.4) is 0 Å². The third-order valence-electron chi connectivity index (χ3n) is 4.74. The van der Waals surface area contributed by atoms with Gasteiger partial charge in [0, 0.05) is 18.7 Å². The van der Waals surface area contributed by atoms with Crippen LogP contribution in [-0.4, -0.2) is 23.4 Å². The topological polar surface area (TPSA) is 75.5 Å². The van der Waals surface area contributed by atoms with Crippen LogP contribution in [0.25, 0.3) is 0 Å². The molecule has 1 heterocycles. The van der Waals surface area contributed by atoms with E-state index in [4.69, 9.17) is 11.6 Å². The number of amides is 1. The molecule has 27 heavy (non-hydrogen) atoms. The molecule has 0 aromatic heterocycles. The summed E-state index contributed by atoms with van der Waals surface area (Å²) in [5.74, 6) is -1.32. The first-order chi connectivity index (χ1) is 12.9. The normalized spacial score (nSPS) is 16.9. The molecule has 0 saturated carbocycles. The van der Waals surface area contributed by atoms with Gasteiger partial charge in [-0.1, -0.05) is 23.7 Å². The number of anilines is 2. The van der Waals surface area contributed by atoms with E-state index < -0.39 is 16.6 Å². The fraction of sp³-hybridized carbons (Fsp3) is 0.316. The lowest BCUT2D eigenvalue weighted by atomic mass is 10.0. The fourth-order valence-corrected chi connectivity index (χ4v) is 3.52. The molecule has 2 aromatic carbocycles. The van der Waals surface area contributed by atoms with Crippen molar-refractivity contribution in [1.29, 1.82) is 0 Å². The molecule has 1 aliphatic rings. The smallest absolute Gasteiger partial charge is 0.294 e. The van der Waals surface area contributed by atoms with E-state index >= 15 is 0 Å². The number of hydrogen-bond donors (Lipinski definition) is 1. The van der Waals surface area contributed by atoms with Gasteiger partial charge in [0.25, 0.3) is 11.6 Å². The van der Waals surface area contributed by atoms with Crippen LogP contribution < -0.4 is 10.2 Å². The Balaban J connectivity index is 1.98. The molecule has 0 bridgehead atoms. The first kappa shape index (κ1) is 19.1. The van der Waals surface area contributed by atoms with Crippen LogP contribution >= 0.6 is 11.6 Å². The van der Waals surface area contributed by atoms with Crippen LogP contribution in [0.4, 0.5) is 21.5 Å². The summed E-state index contributed by atoms with van der Waals surface area (Å²) in [7, 11) is 0. The number of nitrogens with zero attached hydrogens (tertiary/aromatic N) is 2. The number of carbonyl (C=O) groups is 1. The average Bonchev–Trinajstić information content (AvgIpc) is 2.63. The zero-order valence-electron chi connectivity index (χ0n) is 14.7. The van der Waals surface area contributed by atoms with Crippen LogP contribution in [0.1, 0.15) is 36.5 Å². The van der Waals surface area contributed by atoms with Crippen LogP contribution in [0.15, 0.2) is 36.4 Å². The quantitative estimate of drug-likeness (QED) is 0.586. The van der Waals surface area contributed by atoms with Gasteiger partial charge in [-0.15, -0.1) is 0 Å². The zero-order valence-corrected chi connectivity index (χ0v) is 15.5. The summed E-state index contributed by atoms with van der Waals surface area (Å²) < 4.78 is 13.8. The standard InChI is InChI=1S/C19H19ClFN3O3/c1-12-6-4-5-9-23(12)17-11-16(14(20)10-18(17)24(26)27)22-19(25)13-7-2-3-8-15(13)21/h2-3,7-8,10-12H,4-6,9H2,1H3,(H,22,25)/t12-/m1/s1. The molecule has 1 fully saturated rings. The third kappa shape index (κ3) is 4.03. The molecule has 8 heteroatoms. The maximum Gasteiger partial charge on any atom is 0.294 e. The van der Waals surface area contributed by atoms with E-state index in [9.17, 15) is 19.3 Å². The van der Waals surface area contributed by atoms with E-state index in [0.29, 0.717) is 12.2 Å². The highest BCUT2D eigenvalue weighted by Crippen LogP contribution is 2.39. The lowest BCUT2D eigenvalue weighted by Crippen LogP contribution is -2.37. The molecule has 1 aliphatic heterocycles. The highest BCUT2D eigenvalue weighted by atomic mass is 35.5. The van der Waals surface area contributed by atoms with Crippen LogP contribution in [-0.2, 0) is 0 Å². The lowest BCUT2D eigenvalue weighted by Gasteiger charge is -2.35. The average molecular weight is 392 g/mol. The Morgan fingerprint density at radius 3 is 2.74 bits per heavy atom. The Kier molecular flexibility index (Phi) is 5.60. The van der Waals surface area contributed by atoms with Gasteiger partial charge in [-0.25, -0.2) is 4.39 Å². The molecule has 1 N–H and O–H groups in total. The Labute approximate surface area is 161 Å². The molecular weight excluding hydrogens is 373 g/mol. The molecule has 3 rings (SSSR count). The van der Waals surface area contributed by atoms with Crippen molar-refractivity contribution in [3.05, 3.63) is 62.9 Å². The number of nitro benzene ring substituents is 1. The summed E-state index contributed by atoms with van der Waals surface area (Å²) >= 11 is 6.16.